The van der Waals surface area contributed by atoms with Crippen LogP contribution < -0.4 is 10.1 Å². The first-order valence-electron chi connectivity index (χ1n) is 10.9. The number of nitrogens with one attached hydrogen (secondary N) is 1. The largest absolute Gasteiger partial charge is 0.474 e. The van der Waals surface area contributed by atoms with Crippen LogP contribution >= 0.6 is 11.3 Å². The summed E-state index contributed by atoms with van der Waals surface area (Å²) in [6.45, 7) is 3.93. The molecular formula is C24H24N6O2S. The van der Waals surface area contributed by atoms with Crippen LogP contribution in [0, 0.1) is 6.92 Å². The van der Waals surface area contributed by atoms with Gasteiger partial charge >= 0.3 is 0 Å². The van der Waals surface area contributed by atoms with Crippen LogP contribution in [0.5, 0.6) is 5.88 Å². The Hall–Kier alpha value is -3.43. The monoisotopic (exact) mass is 460 g/mol. The summed E-state index contributed by atoms with van der Waals surface area (Å²) >= 11 is 1.55. The second-order valence-corrected chi connectivity index (χ2v) is 9.40. The highest BCUT2D eigenvalue weighted by Gasteiger charge is 2.19. The zero-order chi connectivity index (χ0) is 22.8. The van der Waals surface area contributed by atoms with E-state index in [1.54, 1.807) is 35.9 Å². The number of likely N-dealkylation sites (tertiary alicyclic amines) is 1. The smallest absolute Gasteiger partial charge is 0.257 e. The molecule has 4 heterocycles. The molecule has 33 heavy (non-hydrogen) atoms. The molecule has 1 aromatic carbocycles. The Morgan fingerprint density at radius 1 is 1.09 bits per heavy atom. The van der Waals surface area contributed by atoms with Crippen LogP contribution in [0.4, 0.5) is 5.82 Å². The van der Waals surface area contributed by atoms with E-state index < -0.39 is 0 Å². The second kappa shape index (κ2) is 9.21. The number of amides is 1. The maximum Gasteiger partial charge on any atom is 0.257 e. The molecule has 1 saturated heterocycles. The number of fused-ring (bicyclic) bond motifs is 1. The summed E-state index contributed by atoms with van der Waals surface area (Å²) in [6.07, 6.45) is 5.38. The number of anilines is 1. The predicted molar refractivity (Wildman–Crippen MR) is 129 cm³/mol. The summed E-state index contributed by atoms with van der Waals surface area (Å²) in [5, 5.41) is 14.9. The Morgan fingerprint density at radius 2 is 1.94 bits per heavy atom. The van der Waals surface area contributed by atoms with Gasteiger partial charge < -0.3 is 15.0 Å². The lowest BCUT2D eigenvalue weighted by molar-refractivity contribution is 0.101. The lowest BCUT2D eigenvalue weighted by Gasteiger charge is -2.28. The molecule has 0 atom stereocenters. The molecule has 0 radical (unpaired) electrons. The van der Waals surface area contributed by atoms with Crippen LogP contribution in [0.2, 0.25) is 0 Å². The summed E-state index contributed by atoms with van der Waals surface area (Å²) in [5.74, 6) is 0.696. The maximum absolute atomic E-state index is 12.9. The average molecular weight is 461 g/mol. The zero-order valence-corrected chi connectivity index (χ0v) is 19.3. The molecule has 5 rings (SSSR count). The molecule has 1 fully saturated rings. The van der Waals surface area contributed by atoms with Gasteiger partial charge in [0.2, 0.25) is 5.88 Å². The van der Waals surface area contributed by atoms with Crippen LogP contribution in [0.25, 0.3) is 21.3 Å². The van der Waals surface area contributed by atoms with Gasteiger partial charge in [0.15, 0.2) is 0 Å². The van der Waals surface area contributed by atoms with Crippen LogP contribution in [0.1, 0.15) is 28.2 Å². The number of aryl methyl sites for hydroxylation is 1. The Morgan fingerprint density at radius 3 is 2.73 bits per heavy atom. The van der Waals surface area contributed by atoms with E-state index in [0.29, 0.717) is 17.3 Å². The third-order valence-corrected chi connectivity index (χ3v) is 6.57. The van der Waals surface area contributed by atoms with Gasteiger partial charge in [0, 0.05) is 48.1 Å². The number of rotatable bonds is 5. The van der Waals surface area contributed by atoms with Gasteiger partial charge in [0.25, 0.3) is 5.91 Å². The number of pyridine rings is 2. The van der Waals surface area contributed by atoms with E-state index in [4.69, 9.17) is 4.74 Å². The standard InChI is InChI=1S/C24H24N6O2S/c1-15-28-29-24(33-15)17-3-4-18-14-26-21(12-19(18)11-17)27-23(31)16-5-8-25-22(13-16)32-20-6-9-30(2)10-7-20/h3-5,8,11-14,20H,6-7,9-10H2,1-2H3,(H,26,27,31). The second-order valence-electron chi connectivity index (χ2n) is 8.22. The van der Waals surface area contributed by atoms with Crippen molar-refractivity contribution in [1.82, 2.24) is 25.1 Å². The van der Waals surface area contributed by atoms with Gasteiger partial charge in [-0.05, 0) is 50.4 Å². The van der Waals surface area contributed by atoms with E-state index in [9.17, 15) is 4.79 Å². The van der Waals surface area contributed by atoms with E-state index in [-0.39, 0.29) is 12.0 Å². The minimum atomic E-state index is -0.256. The fourth-order valence-electron chi connectivity index (χ4n) is 3.83. The van der Waals surface area contributed by atoms with Crippen LogP contribution in [-0.4, -0.2) is 57.2 Å². The first-order valence-corrected chi connectivity index (χ1v) is 11.7. The van der Waals surface area contributed by atoms with Crippen molar-refractivity contribution in [3.8, 4) is 16.5 Å². The van der Waals surface area contributed by atoms with Crippen molar-refractivity contribution in [3.63, 3.8) is 0 Å². The molecule has 8 nitrogen and oxygen atoms in total. The number of nitrogens with zero attached hydrogens (tertiary/aromatic N) is 5. The Labute approximate surface area is 195 Å². The van der Waals surface area contributed by atoms with Gasteiger partial charge in [0.05, 0.1) is 0 Å². The van der Waals surface area contributed by atoms with Crippen LogP contribution in [0.15, 0.2) is 48.8 Å². The van der Waals surface area contributed by atoms with Crippen molar-refractivity contribution >= 4 is 33.8 Å². The highest BCUT2D eigenvalue weighted by Crippen LogP contribution is 2.27. The van der Waals surface area contributed by atoms with E-state index in [2.05, 4.69) is 37.4 Å². The lowest BCUT2D eigenvalue weighted by Crippen LogP contribution is -2.35. The highest BCUT2D eigenvalue weighted by atomic mass is 32.1. The average Bonchev–Trinajstić information content (AvgIpc) is 3.26. The van der Waals surface area contributed by atoms with E-state index >= 15 is 0 Å². The first-order chi connectivity index (χ1) is 16.0. The minimum absolute atomic E-state index is 0.125. The molecule has 1 aliphatic heterocycles. The lowest BCUT2D eigenvalue weighted by atomic mass is 10.1. The molecule has 0 aliphatic carbocycles. The van der Waals surface area contributed by atoms with Crippen LogP contribution in [-0.2, 0) is 0 Å². The molecule has 4 aromatic rings. The van der Waals surface area contributed by atoms with E-state index in [1.165, 1.54) is 0 Å². The van der Waals surface area contributed by atoms with Crippen molar-refractivity contribution in [1.29, 1.82) is 0 Å². The number of aromatic nitrogens is 4. The highest BCUT2D eigenvalue weighted by molar-refractivity contribution is 7.14. The maximum atomic E-state index is 12.9. The number of carbonyl (C=O) groups is 1. The van der Waals surface area contributed by atoms with E-state index in [0.717, 1.165) is 52.3 Å². The zero-order valence-electron chi connectivity index (χ0n) is 18.5. The fraction of sp³-hybridized carbons (Fsp3) is 0.292. The molecule has 1 N–H and O–H groups in total. The molecule has 0 bridgehead atoms. The molecular weight excluding hydrogens is 436 g/mol. The predicted octanol–water partition coefficient (Wildman–Crippen LogP) is 4.18. The number of ether oxygens (including phenoxy) is 1. The molecule has 0 spiro atoms. The van der Waals surface area contributed by atoms with E-state index in [1.807, 2.05) is 31.2 Å². The molecule has 1 amide bonds. The first kappa shape index (κ1) is 21.4. The molecule has 3 aromatic heterocycles. The number of carbonyl (C=O) groups excluding carboxylic acids is 1. The third-order valence-electron chi connectivity index (χ3n) is 5.69. The van der Waals surface area contributed by atoms with Crippen molar-refractivity contribution in [2.75, 3.05) is 25.5 Å². The third kappa shape index (κ3) is 4.99. The number of hydrogen-bond donors (Lipinski definition) is 1. The minimum Gasteiger partial charge on any atom is -0.474 e. The summed E-state index contributed by atoms with van der Waals surface area (Å²) in [4.78, 5) is 23.8. The summed E-state index contributed by atoms with van der Waals surface area (Å²) < 4.78 is 6.02. The Bertz CT molecular complexity index is 1300. The molecule has 168 valence electrons. The quantitative estimate of drug-likeness (QED) is 0.477. The molecule has 1 aliphatic rings. The van der Waals surface area contributed by atoms with Gasteiger partial charge in [-0.25, -0.2) is 9.97 Å². The van der Waals surface area contributed by atoms with Gasteiger partial charge in [-0.2, -0.15) is 0 Å². The van der Waals surface area contributed by atoms with Gasteiger partial charge in [-0.1, -0.05) is 23.5 Å². The van der Waals surface area contributed by atoms with Gasteiger partial charge in [0.1, 0.15) is 21.9 Å². The van der Waals surface area contributed by atoms with Crippen molar-refractivity contribution < 1.29 is 9.53 Å². The van der Waals surface area contributed by atoms with Gasteiger partial charge in [-0.15, -0.1) is 10.2 Å². The van der Waals surface area contributed by atoms with Crippen LogP contribution in [0.3, 0.4) is 0 Å². The normalized spacial score (nSPS) is 15.0. The topological polar surface area (TPSA) is 93.1 Å². The molecule has 0 unspecified atom stereocenters. The van der Waals surface area contributed by atoms with Crippen molar-refractivity contribution in [3.05, 3.63) is 59.4 Å². The number of piperidine rings is 1. The summed E-state index contributed by atoms with van der Waals surface area (Å²) in [7, 11) is 2.11. The number of benzene rings is 1. The molecule has 9 heteroatoms. The summed E-state index contributed by atoms with van der Waals surface area (Å²) in [5.41, 5.74) is 1.47. The SMILES string of the molecule is Cc1nnc(-c2ccc3cnc(NC(=O)c4ccnc(OC5CCN(C)CC5)c4)cc3c2)s1. The van der Waals surface area contributed by atoms with Crippen molar-refractivity contribution in [2.24, 2.45) is 0 Å². The molecule has 0 saturated carbocycles. The number of hydrogen-bond acceptors (Lipinski definition) is 8. The Kier molecular flexibility index (Phi) is 5.97. The fourth-order valence-corrected chi connectivity index (χ4v) is 4.52. The van der Waals surface area contributed by atoms with Gasteiger partial charge in [-0.3, -0.25) is 4.79 Å². The van der Waals surface area contributed by atoms with Crippen molar-refractivity contribution in [2.45, 2.75) is 25.9 Å². The summed E-state index contributed by atoms with van der Waals surface area (Å²) in [6, 6.07) is 11.3. The Balaban J connectivity index is 1.31.